The van der Waals surface area contributed by atoms with Gasteiger partial charge >= 0.3 is 7.05 Å². The van der Waals surface area contributed by atoms with Crippen molar-refractivity contribution in [2.75, 3.05) is 0 Å². The van der Waals surface area contributed by atoms with Gasteiger partial charge in [0.15, 0.2) is 0 Å². The van der Waals surface area contributed by atoms with E-state index in [9.17, 15) is 0 Å². The van der Waals surface area contributed by atoms with Crippen LogP contribution in [0.5, 0.6) is 0 Å². The van der Waals surface area contributed by atoms with Crippen molar-refractivity contribution in [3.05, 3.63) is 0 Å². The van der Waals surface area contributed by atoms with E-state index in [-0.39, 0.29) is 7.05 Å². The fourth-order valence-electron chi connectivity index (χ4n) is 0.530. The fraction of sp³-hybridized carbons (Fsp3) is 1.00. The lowest BCUT2D eigenvalue weighted by Crippen LogP contribution is -2.37. The zero-order valence-electron chi connectivity index (χ0n) is 5.81. The number of nitrogens with one attached hydrogen (secondary N) is 1. The quantitative estimate of drug-likeness (QED) is 0.524. The zero-order chi connectivity index (χ0) is 6.57. The monoisotopic (exact) mass is 115 g/mol. The normalized spacial score (nSPS) is 13.5. The molecule has 2 N–H and O–H groups in total. The van der Waals surface area contributed by atoms with E-state index in [1.54, 1.807) is 6.82 Å². The molecule has 0 radical (unpaired) electrons. The molecule has 0 saturated carbocycles. The molecule has 48 valence electrons. The van der Waals surface area contributed by atoms with Gasteiger partial charge in [0.2, 0.25) is 0 Å². The molecule has 0 aromatic carbocycles. The zero-order valence-corrected chi connectivity index (χ0v) is 5.81. The van der Waals surface area contributed by atoms with Gasteiger partial charge < -0.3 is 10.3 Å². The van der Waals surface area contributed by atoms with Crippen molar-refractivity contribution >= 4 is 7.05 Å². The maximum absolute atomic E-state index is 8.74. The SMILES string of the molecule is CC[C@@H](C)NB(C)O. The summed E-state index contributed by atoms with van der Waals surface area (Å²) in [6.07, 6.45) is 1.06. The molecule has 8 heavy (non-hydrogen) atoms. The predicted octanol–water partition coefficient (Wildman–Crippen LogP) is 0.485. The van der Waals surface area contributed by atoms with E-state index in [2.05, 4.69) is 12.2 Å². The lowest BCUT2D eigenvalue weighted by Gasteiger charge is -2.09. The Kier molecular flexibility index (Phi) is 3.92. The van der Waals surface area contributed by atoms with Gasteiger partial charge in [0.25, 0.3) is 0 Å². The van der Waals surface area contributed by atoms with Crippen molar-refractivity contribution in [1.82, 2.24) is 5.23 Å². The average Bonchev–Trinajstić information content (AvgIpc) is 1.65. The second kappa shape index (κ2) is 3.92. The third-order valence-corrected chi connectivity index (χ3v) is 1.14. The Hall–Kier alpha value is -0.0151. The summed E-state index contributed by atoms with van der Waals surface area (Å²) >= 11 is 0. The lowest BCUT2D eigenvalue weighted by atomic mass is 9.87. The van der Waals surface area contributed by atoms with Gasteiger partial charge in [-0.15, -0.1) is 0 Å². The van der Waals surface area contributed by atoms with Gasteiger partial charge in [0, 0.05) is 0 Å². The lowest BCUT2D eigenvalue weighted by molar-refractivity contribution is 0.522. The van der Waals surface area contributed by atoms with Crippen LogP contribution in [0.2, 0.25) is 6.82 Å². The fourth-order valence-corrected chi connectivity index (χ4v) is 0.530. The molecule has 0 aromatic heterocycles. The maximum atomic E-state index is 8.74. The van der Waals surface area contributed by atoms with Crippen molar-refractivity contribution in [2.24, 2.45) is 0 Å². The molecule has 0 aliphatic carbocycles. The van der Waals surface area contributed by atoms with E-state index < -0.39 is 0 Å². The molecule has 2 nitrogen and oxygen atoms in total. The molecule has 3 heteroatoms. The first-order valence-corrected chi connectivity index (χ1v) is 3.11. The Morgan fingerprint density at radius 2 is 2.25 bits per heavy atom. The summed E-state index contributed by atoms with van der Waals surface area (Å²) in [6.45, 7) is 5.86. The Morgan fingerprint density at radius 3 is 2.38 bits per heavy atom. The Bertz CT molecular complexity index is 58.4. The van der Waals surface area contributed by atoms with Crippen LogP contribution in [0, 0.1) is 0 Å². The largest absolute Gasteiger partial charge is 0.437 e. The number of rotatable bonds is 3. The predicted molar refractivity (Wildman–Crippen MR) is 36.7 cm³/mol. The second-order valence-electron chi connectivity index (χ2n) is 2.15. The van der Waals surface area contributed by atoms with Crippen LogP contribution in [0.1, 0.15) is 20.3 Å². The summed E-state index contributed by atoms with van der Waals surface area (Å²) in [5.74, 6) is 0. The first-order chi connectivity index (χ1) is 3.66. The van der Waals surface area contributed by atoms with Gasteiger partial charge in [-0.2, -0.15) is 0 Å². The summed E-state index contributed by atoms with van der Waals surface area (Å²) in [4.78, 5) is 0. The van der Waals surface area contributed by atoms with Crippen LogP contribution >= 0.6 is 0 Å². The maximum Gasteiger partial charge on any atom is 0.373 e. The van der Waals surface area contributed by atoms with Crippen LogP contribution in [-0.2, 0) is 0 Å². The van der Waals surface area contributed by atoms with Crippen molar-refractivity contribution in [2.45, 2.75) is 33.1 Å². The van der Waals surface area contributed by atoms with Crippen LogP contribution < -0.4 is 5.23 Å². The summed E-state index contributed by atoms with van der Waals surface area (Å²) in [6, 6.07) is 0.426. The molecule has 0 fully saturated rings. The van der Waals surface area contributed by atoms with Crippen molar-refractivity contribution < 1.29 is 5.02 Å². The minimum Gasteiger partial charge on any atom is -0.437 e. The molecule has 0 aliphatic rings. The van der Waals surface area contributed by atoms with Gasteiger partial charge in [-0.05, 0) is 19.3 Å². The van der Waals surface area contributed by atoms with Crippen LogP contribution in [0.4, 0.5) is 0 Å². The highest BCUT2D eigenvalue weighted by molar-refractivity contribution is 6.45. The Morgan fingerprint density at radius 1 is 1.75 bits per heavy atom. The molecule has 0 unspecified atom stereocenters. The molecule has 0 rings (SSSR count). The molecule has 0 bridgehead atoms. The standard InChI is InChI=1S/C5H14BNO/c1-4-5(2)7-6(3)8/h5,7-8H,4H2,1-3H3/t5-/m1/s1. The molecule has 0 saturated heterocycles. The molecule has 0 spiro atoms. The third kappa shape index (κ3) is 4.15. The first-order valence-electron chi connectivity index (χ1n) is 3.11. The molecule has 0 aliphatic heterocycles. The van der Waals surface area contributed by atoms with Gasteiger partial charge in [-0.3, -0.25) is 0 Å². The van der Waals surface area contributed by atoms with E-state index >= 15 is 0 Å². The second-order valence-corrected chi connectivity index (χ2v) is 2.15. The highest BCUT2D eigenvalue weighted by Gasteiger charge is 2.04. The summed E-state index contributed by atoms with van der Waals surface area (Å²) in [5.41, 5.74) is 0. The molecular weight excluding hydrogens is 101 g/mol. The van der Waals surface area contributed by atoms with Gasteiger partial charge in [-0.1, -0.05) is 13.8 Å². The van der Waals surface area contributed by atoms with Crippen molar-refractivity contribution in [3.8, 4) is 0 Å². The molecule has 0 amide bonds. The average molecular weight is 115 g/mol. The van der Waals surface area contributed by atoms with Gasteiger partial charge in [0.05, 0.1) is 0 Å². The van der Waals surface area contributed by atoms with Gasteiger partial charge in [-0.25, -0.2) is 0 Å². The van der Waals surface area contributed by atoms with Crippen LogP contribution in [0.25, 0.3) is 0 Å². The van der Waals surface area contributed by atoms with E-state index in [1.165, 1.54) is 0 Å². The van der Waals surface area contributed by atoms with Crippen LogP contribution in [0.15, 0.2) is 0 Å². The molecule has 0 heterocycles. The molecule has 1 atom stereocenters. The minimum atomic E-state index is -0.370. The summed E-state index contributed by atoms with van der Waals surface area (Å²) < 4.78 is 0. The van der Waals surface area contributed by atoms with E-state index in [0.717, 1.165) is 6.42 Å². The van der Waals surface area contributed by atoms with E-state index in [0.29, 0.717) is 6.04 Å². The van der Waals surface area contributed by atoms with Crippen molar-refractivity contribution in [1.29, 1.82) is 0 Å². The smallest absolute Gasteiger partial charge is 0.373 e. The first kappa shape index (κ1) is 7.98. The number of hydrogen-bond donors (Lipinski definition) is 2. The number of hydrogen-bond acceptors (Lipinski definition) is 2. The highest BCUT2D eigenvalue weighted by atomic mass is 16.2. The Balaban J connectivity index is 3.10. The highest BCUT2D eigenvalue weighted by Crippen LogP contribution is 1.86. The summed E-state index contributed by atoms with van der Waals surface area (Å²) in [5, 5.41) is 11.7. The van der Waals surface area contributed by atoms with E-state index in [4.69, 9.17) is 5.02 Å². The topological polar surface area (TPSA) is 32.3 Å². The Labute approximate surface area is 51.4 Å². The third-order valence-electron chi connectivity index (χ3n) is 1.14. The minimum absolute atomic E-state index is 0.370. The van der Waals surface area contributed by atoms with Crippen molar-refractivity contribution in [3.63, 3.8) is 0 Å². The van der Waals surface area contributed by atoms with E-state index in [1.807, 2.05) is 6.92 Å². The van der Waals surface area contributed by atoms with Gasteiger partial charge in [0.1, 0.15) is 0 Å². The molecule has 0 aromatic rings. The molecular formula is C5H14BNO. The van der Waals surface area contributed by atoms with Crippen LogP contribution in [0.3, 0.4) is 0 Å². The summed E-state index contributed by atoms with van der Waals surface area (Å²) in [7, 11) is -0.370. The van der Waals surface area contributed by atoms with Crippen LogP contribution in [-0.4, -0.2) is 18.1 Å².